The molecule has 0 unspecified atom stereocenters. The van der Waals surface area contributed by atoms with E-state index in [9.17, 15) is 9.59 Å². The predicted molar refractivity (Wildman–Crippen MR) is 95.0 cm³/mol. The topological polar surface area (TPSA) is 122 Å². The van der Waals surface area contributed by atoms with Crippen molar-refractivity contribution < 1.29 is 19.5 Å². The number of carbonyl (C=O) groups excluding carboxylic acids is 2. The van der Waals surface area contributed by atoms with Crippen molar-refractivity contribution >= 4 is 35.7 Å². The minimum atomic E-state index is -0.250. The van der Waals surface area contributed by atoms with Crippen LogP contribution in [0, 0.1) is 0 Å². The van der Waals surface area contributed by atoms with Crippen molar-refractivity contribution in [1.29, 1.82) is 0 Å². The van der Waals surface area contributed by atoms with Crippen LogP contribution in [-0.2, 0) is 4.79 Å². The van der Waals surface area contributed by atoms with Gasteiger partial charge in [-0.05, 0) is 30.3 Å². The SMILES string of the molecule is NCCNC(=O)c1ccc2c(c1)NC(=O)c1ccccc1S2.O=CO. The highest BCUT2D eigenvalue weighted by Crippen LogP contribution is 2.38. The maximum absolute atomic E-state index is 12.3. The Morgan fingerprint density at radius 1 is 1.24 bits per heavy atom. The predicted octanol–water partition coefficient (Wildman–Crippen LogP) is 1.79. The molecule has 25 heavy (non-hydrogen) atoms. The van der Waals surface area contributed by atoms with Gasteiger partial charge in [0.05, 0.1) is 11.3 Å². The zero-order valence-electron chi connectivity index (χ0n) is 13.2. The monoisotopic (exact) mass is 359 g/mol. The minimum absolute atomic E-state index is 0.165. The van der Waals surface area contributed by atoms with E-state index in [4.69, 9.17) is 15.6 Å². The first kappa shape index (κ1) is 18.5. The summed E-state index contributed by atoms with van der Waals surface area (Å²) in [5, 5.41) is 12.5. The molecule has 0 aliphatic carbocycles. The van der Waals surface area contributed by atoms with Crippen molar-refractivity contribution in [1.82, 2.24) is 5.32 Å². The lowest BCUT2D eigenvalue weighted by atomic mass is 10.1. The van der Waals surface area contributed by atoms with Gasteiger partial charge < -0.3 is 21.5 Å². The Bertz CT molecular complexity index is 795. The number of amides is 2. The number of rotatable bonds is 3. The van der Waals surface area contributed by atoms with Crippen molar-refractivity contribution in [3.8, 4) is 0 Å². The van der Waals surface area contributed by atoms with Gasteiger partial charge in [0.25, 0.3) is 18.3 Å². The Labute approximate surface area is 148 Å². The molecule has 0 saturated heterocycles. The lowest BCUT2D eigenvalue weighted by Crippen LogP contribution is -2.29. The van der Waals surface area contributed by atoms with Gasteiger partial charge >= 0.3 is 0 Å². The van der Waals surface area contributed by atoms with Gasteiger partial charge in [-0.1, -0.05) is 23.9 Å². The lowest BCUT2D eigenvalue weighted by molar-refractivity contribution is -0.122. The first-order valence-electron chi connectivity index (χ1n) is 7.39. The largest absolute Gasteiger partial charge is 0.483 e. The summed E-state index contributed by atoms with van der Waals surface area (Å²) in [5.74, 6) is -0.365. The van der Waals surface area contributed by atoms with Crippen LogP contribution in [0.1, 0.15) is 20.7 Å². The summed E-state index contributed by atoms with van der Waals surface area (Å²) < 4.78 is 0. The quantitative estimate of drug-likeness (QED) is 0.620. The third-order valence-electron chi connectivity index (χ3n) is 3.27. The van der Waals surface area contributed by atoms with Crippen LogP contribution in [0.5, 0.6) is 0 Å². The van der Waals surface area contributed by atoms with E-state index < -0.39 is 0 Å². The zero-order valence-corrected chi connectivity index (χ0v) is 14.0. The summed E-state index contributed by atoms with van der Waals surface area (Å²) >= 11 is 1.51. The highest BCUT2D eigenvalue weighted by Gasteiger charge is 2.20. The van der Waals surface area contributed by atoms with Gasteiger partial charge in [0.15, 0.2) is 0 Å². The second-order valence-electron chi connectivity index (χ2n) is 4.91. The van der Waals surface area contributed by atoms with Crippen LogP contribution >= 0.6 is 11.8 Å². The molecule has 1 aliphatic heterocycles. The molecule has 0 bridgehead atoms. The highest BCUT2D eigenvalue weighted by molar-refractivity contribution is 7.99. The van der Waals surface area contributed by atoms with Crippen molar-refractivity contribution in [3.63, 3.8) is 0 Å². The van der Waals surface area contributed by atoms with Gasteiger partial charge in [-0.3, -0.25) is 14.4 Å². The molecular formula is C17H17N3O4S. The number of anilines is 1. The number of carbonyl (C=O) groups is 3. The number of hydrogen-bond donors (Lipinski definition) is 4. The minimum Gasteiger partial charge on any atom is -0.483 e. The molecule has 7 nitrogen and oxygen atoms in total. The first-order valence-corrected chi connectivity index (χ1v) is 8.20. The Morgan fingerprint density at radius 3 is 2.68 bits per heavy atom. The molecule has 0 fully saturated rings. The maximum atomic E-state index is 12.3. The first-order chi connectivity index (χ1) is 12.1. The van der Waals surface area contributed by atoms with Gasteiger partial charge in [-0.2, -0.15) is 0 Å². The zero-order chi connectivity index (χ0) is 18.2. The Balaban J connectivity index is 0.000000701. The van der Waals surface area contributed by atoms with Crippen LogP contribution in [0.3, 0.4) is 0 Å². The van der Waals surface area contributed by atoms with Crippen molar-refractivity contribution in [2.45, 2.75) is 9.79 Å². The second kappa shape index (κ2) is 8.86. The van der Waals surface area contributed by atoms with Gasteiger partial charge in [0.2, 0.25) is 0 Å². The third kappa shape index (κ3) is 4.59. The van der Waals surface area contributed by atoms with Gasteiger partial charge in [-0.25, -0.2) is 0 Å². The van der Waals surface area contributed by atoms with Gasteiger partial charge in [0, 0.05) is 28.4 Å². The number of hydrogen-bond acceptors (Lipinski definition) is 5. The smallest absolute Gasteiger partial charge is 0.290 e. The van der Waals surface area contributed by atoms with E-state index in [1.807, 2.05) is 24.3 Å². The Hall–Kier alpha value is -2.84. The molecular weight excluding hydrogens is 342 g/mol. The van der Waals surface area contributed by atoms with E-state index in [0.29, 0.717) is 29.9 Å². The molecule has 0 aromatic heterocycles. The van der Waals surface area contributed by atoms with Crippen molar-refractivity contribution in [2.24, 2.45) is 5.73 Å². The molecule has 2 amide bonds. The van der Waals surface area contributed by atoms with Gasteiger partial charge in [-0.15, -0.1) is 0 Å². The summed E-state index contributed by atoms with van der Waals surface area (Å²) in [7, 11) is 0. The molecule has 130 valence electrons. The standard InChI is InChI=1S/C16H15N3O2S.CH2O2/c17-7-8-18-15(20)10-5-6-14-12(9-10)19-16(21)11-3-1-2-4-13(11)22-14;2-1-3/h1-6,9H,7-8,17H2,(H,18,20)(H,19,21);1H,(H,2,3). The fourth-order valence-electron chi connectivity index (χ4n) is 2.20. The Morgan fingerprint density at radius 2 is 1.96 bits per heavy atom. The summed E-state index contributed by atoms with van der Waals surface area (Å²) in [6, 6.07) is 12.7. The van der Waals surface area contributed by atoms with Crippen LogP contribution in [0.15, 0.2) is 52.3 Å². The molecule has 0 saturated carbocycles. The second-order valence-corrected chi connectivity index (χ2v) is 6.00. The average molecular weight is 359 g/mol. The average Bonchev–Trinajstić information content (AvgIpc) is 2.75. The molecule has 8 heteroatoms. The van der Waals surface area contributed by atoms with Gasteiger partial charge in [0.1, 0.15) is 0 Å². The molecule has 0 radical (unpaired) electrons. The molecule has 1 heterocycles. The van der Waals surface area contributed by atoms with Crippen molar-refractivity contribution in [3.05, 3.63) is 53.6 Å². The van der Waals surface area contributed by atoms with Crippen LogP contribution in [-0.4, -0.2) is 36.5 Å². The summed E-state index contributed by atoms with van der Waals surface area (Å²) in [5.41, 5.74) is 7.16. The molecule has 5 N–H and O–H groups in total. The maximum Gasteiger partial charge on any atom is 0.290 e. The van der Waals surface area contributed by atoms with Crippen LogP contribution < -0.4 is 16.4 Å². The van der Waals surface area contributed by atoms with E-state index in [0.717, 1.165) is 9.79 Å². The number of nitrogens with two attached hydrogens (primary N) is 1. The number of benzene rings is 2. The highest BCUT2D eigenvalue weighted by atomic mass is 32.2. The fourth-order valence-corrected chi connectivity index (χ4v) is 3.21. The number of carboxylic acid groups (broad SMARTS) is 1. The molecule has 2 aromatic rings. The van der Waals surface area contributed by atoms with E-state index >= 15 is 0 Å². The molecule has 1 aliphatic rings. The Kier molecular flexibility index (Phi) is 6.55. The normalized spacial score (nSPS) is 11.6. The van der Waals surface area contributed by atoms with E-state index in [1.54, 1.807) is 18.2 Å². The lowest BCUT2D eigenvalue weighted by Gasteiger charge is -2.09. The van der Waals surface area contributed by atoms with Crippen LogP contribution in [0.4, 0.5) is 5.69 Å². The summed E-state index contributed by atoms with van der Waals surface area (Å²) in [6.07, 6.45) is 0. The van der Waals surface area contributed by atoms with E-state index in [1.165, 1.54) is 11.8 Å². The molecule has 0 spiro atoms. The van der Waals surface area contributed by atoms with E-state index in [-0.39, 0.29) is 18.3 Å². The molecule has 0 atom stereocenters. The van der Waals surface area contributed by atoms with Crippen LogP contribution in [0.2, 0.25) is 0 Å². The number of nitrogens with one attached hydrogen (secondary N) is 2. The van der Waals surface area contributed by atoms with Crippen molar-refractivity contribution in [2.75, 3.05) is 18.4 Å². The fraction of sp³-hybridized carbons (Fsp3) is 0.118. The van der Waals surface area contributed by atoms with Crippen LogP contribution in [0.25, 0.3) is 0 Å². The summed E-state index contributed by atoms with van der Waals surface area (Å²) in [6.45, 7) is 0.557. The molecule has 3 rings (SSSR count). The third-order valence-corrected chi connectivity index (χ3v) is 4.42. The molecule has 2 aromatic carbocycles. The summed E-state index contributed by atoms with van der Waals surface area (Å²) in [4.78, 5) is 34.4. The van der Waals surface area contributed by atoms with E-state index in [2.05, 4.69) is 10.6 Å². The number of fused-ring (bicyclic) bond motifs is 2.